The molecule has 0 bridgehead atoms. The molecule has 6 nitrogen and oxygen atoms in total. The third-order valence-corrected chi connectivity index (χ3v) is 6.16. The molecule has 0 spiro atoms. The topological polar surface area (TPSA) is 67.9 Å². The number of nitrogens with one attached hydrogen (secondary N) is 1. The van der Waals surface area contributed by atoms with Crippen LogP contribution in [0.1, 0.15) is 26.2 Å². The lowest BCUT2D eigenvalue weighted by molar-refractivity contribution is 0.296. The zero-order chi connectivity index (χ0) is 16.3. The molecule has 1 aromatic carbocycles. The first-order valence-electron chi connectivity index (χ1n) is 8.25. The van der Waals surface area contributed by atoms with Crippen molar-refractivity contribution in [3.63, 3.8) is 0 Å². The molecular formula is C16H24N2O4S. The van der Waals surface area contributed by atoms with Crippen LogP contribution in [0.2, 0.25) is 0 Å². The van der Waals surface area contributed by atoms with Crippen molar-refractivity contribution < 1.29 is 17.9 Å². The van der Waals surface area contributed by atoms with E-state index in [1.54, 1.807) is 22.5 Å². The van der Waals surface area contributed by atoms with E-state index in [1.807, 2.05) is 6.92 Å². The number of fused-ring (bicyclic) bond motifs is 1. The Balaban J connectivity index is 1.92. The molecule has 23 heavy (non-hydrogen) atoms. The van der Waals surface area contributed by atoms with Gasteiger partial charge in [0.2, 0.25) is 10.0 Å². The van der Waals surface area contributed by atoms with Gasteiger partial charge in [-0.05, 0) is 31.5 Å². The fourth-order valence-corrected chi connectivity index (χ4v) is 4.81. The van der Waals surface area contributed by atoms with Gasteiger partial charge in [0.05, 0.1) is 18.1 Å². The number of benzene rings is 1. The minimum absolute atomic E-state index is 0.0240. The van der Waals surface area contributed by atoms with Crippen molar-refractivity contribution in [3.8, 4) is 11.5 Å². The smallest absolute Gasteiger partial charge is 0.243 e. The summed E-state index contributed by atoms with van der Waals surface area (Å²) in [6.45, 7) is 5.24. The van der Waals surface area contributed by atoms with E-state index in [9.17, 15) is 8.42 Å². The quantitative estimate of drug-likeness (QED) is 0.882. The van der Waals surface area contributed by atoms with Gasteiger partial charge in [-0.25, -0.2) is 8.42 Å². The Hall–Kier alpha value is -1.31. The van der Waals surface area contributed by atoms with Crippen molar-refractivity contribution in [1.82, 2.24) is 9.62 Å². The van der Waals surface area contributed by atoms with Crippen LogP contribution in [0, 0.1) is 0 Å². The maximum Gasteiger partial charge on any atom is 0.243 e. The van der Waals surface area contributed by atoms with Gasteiger partial charge in [-0.1, -0.05) is 6.92 Å². The first-order valence-corrected chi connectivity index (χ1v) is 9.69. The van der Waals surface area contributed by atoms with E-state index in [1.165, 1.54) is 0 Å². The molecule has 1 fully saturated rings. The molecule has 0 aliphatic carbocycles. The molecule has 1 unspecified atom stereocenters. The Kier molecular flexibility index (Phi) is 5.08. The van der Waals surface area contributed by atoms with Crippen LogP contribution in [0.4, 0.5) is 0 Å². The van der Waals surface area contributed by atoms with E-state index in [0.29, 0.717) is 37.8 Å². The van der Waals surface area contributed by atoms with Gasteiger partial charge in [-0.2, -0.15) is 4.31 Å². The van der Waals surface area contributed by atoms with Crippen molar-refractivity contribution in [3.05, 3.63) is 18.2 Å². The van der Waals surface area contributed by atoms with Crippen LogP contribution < -0.4 is 14.8 Å². The molecule has 1 aromatic rings. The second-order valence-corrected chi connectivity index (χ2v) is 7.81. The molecule has 2 heterocycles. The highest BCUT2D eigenvalue weighted by atomic mass is 32.2. The molecule has 0 amide bonds. The molecule has 7 heteroatoms. The molecule has 1 saturated heterocycles. The summed E-state index contributed by atoms with van der Waals surface area (Å²) < 4.78 is 39.0. The molecule has 0 radical (unpaired) electrons. The van der Waals surface area contributed by atoms with E-state index in [-0.39, 0.29) is 10.9 Å². The summed E-state index contributed by atoms with van der Waals surface area (Å²) in [5, 5.41) is 3.24. The second-order valence-electron chi connectivity index (χ2n) is 5.92. The zero-order valence-corrected chi connectivity index (χ0v) is 14.3. The van der Waals surface area contributed by atoms with Crippen LogP contribution in [0.5, 0.6) is 11.5 Å². The van der Waals surface area contributed by atoms with E-state index in [2.05, 4.69) is 5.32 Å². The summed E-state index contributed by atoms with van der Waals surface area (Å²) in [5.41, 5.74) is 0. The van der Waals surface area contributed by atoms with Crippen LogP contribution in [-0.4, -0.2) is 51.6 Å². The van der Waals surface area contributed by atoms with Crippen LogP contribution in [-0.2, 0) is 10.0 Å². The maximum atomic E-state index is 13.1. The van der Waals surface area contributed by atoms with E-state index in [4.69, 9.17) is 9.47 Å². The number of hydrogen-bond donors (Lipinski definition) is 1. The molecule has 2 aliphatic rings. The SMILES string of the molecule is CCCN(C1CCNC1)S(=O)(=O)c1ccc2c(c1)OCCCO2. The van der Waals surface area contributed by atoms with Crippen molar-refractivity contribution >= 4 is 10.0 Å². The lowest BCUT2D eigenvalue weighted by atomic mass is 10.2. The van der Waals surface area contributed by atoms with Gasteiger partial charge in [-0.15, -0.1) is 0 Å². The maximum absolute atomic E-state index is 13.1. The van der Waals surface area contributed by atoms with Gasteiger partial charge in [0.25, 0.3) is 0 Å². The largest absolute Gasteiger partial charge is 0.490 e. The Morgan fingerprint density at radius 1 is 1.26 bits per heavy atom. The Labute approximate surface area is 137 Å². The summed E-state index contributed by atoms with van der Waals surface area (Å²) in [5.74, 6) is 1.13. The zero-order valence-electron chi connectivity index (χ0n) is 13.5. The van der Waals surface area contributed by atoms with E-state index >= 15 is 0 Å². The fourth-order valence-electron chi connectivity index (χ4n) is 3.04. The Bertz CT molecular complexity index is 641. The average Bonchev–Trinajstić information content (AvgIpc) is 2.96. The van der Waals surface area contributed by atoms with Gasteiger partial charge in [0, 0.05) is 31.6 Å². The summed E-state index contributed by atoms with van der Waals surface area (Å²) in [6, 6.07) is 4.94. The molecule has 0 saturated carbocycles. The highest BCUT2D eigenvalue weighted by molar-refractivity contribution is 7.89. The van der Waals surface area contributed by atoms with Gasteiger partial charge in [0.15, 0.2) is 11.5 Å². The average molecular weight is 340 g/mol. The summed E-state index contributed by atoms with van der Waals surface area (Å²) in [7, 11) is -3.53. The molecule has 0 aromatic heterocycles. The number of rotatable bonds is 5. The van der Waals surface area contributed by atoms with Gasteiger partial charge in [0.1, 0.15) is 0 Å². The van der Waals surface area contributed by atoms with E-state index < -0.39 is 10.0 Å². The molecule has 3 rings (SSSR count). The molecule has 1 N–H and O–H groups in total. The van der Waals surface area contributed by atoms with Crippen molar-refractivity contribution in [2.45, 2.75) is 37.1 Å². The third-order valence-electron chi connectivity index (χ3n) is 4.21. The highest BCUT2D eigenvalue weighted by Crippen LogP contribution is 2.33. The lowest BCUT2D eigenvalue weighted by Crippen LogP contribution is -2.42. The number of ether oxygens (including phenoxy) is 2. The minimum Gasteiger partial charge on any atom is -0.490 e. The predicted molar refractivity (Wildman–Crippen MR) is 87.5 cm³/mol. The fraction of sp³-hybridized carbons (Fsp3) is 0.625. The van der Waals surface area contributed by atoms with Gasteiger partial charge < -0.3 is 14.8 Å². The molecule has 128 valence electrons. The summed E-state index contributed by atoms with van der Waals surface area (Å²) >= 11 is 0. The van der Waals surface area contributed by atoms with Crippen LogP contribution in [0.25, 0.3) is 0 Å². The Morgan fingerprint density at radius 2 is 2.04 bits per heavy atom. The predicted octanol–water partition coefficient (Wildman–Crippen LogP) is 1.61. The van der Waals surface area contributed by atoms with Crippen LogP contribution >= 0.6 is 0 Å². The monoisotopic (exact) mass is 340 g/mol. The number of nitrogens with zero attached hydrogens (tertiary/aromatic N) is 1. The van der Waals surface area contributed by atoms with Gasteiger partial charge >= 0.3 is 0 Å². The molecule has 2 aliphatic heterocycles. The Morgan fingerprint density at radius 3 is 2.74 bits per heavy atom. The van der Waals surface area contributed by atoms with E-state index in [0.717, 1.165) is 25.8 Å². The van der Waals surface area contributed by atoms with Crippen molar-refractivity contribution in [2.75, 3.05) is 32.8 Å². The molecule has 1 atom stereocenters. The highest BCUT2D eigenvalue weighted by Gasteiger charge is 2.33. The summed E-state index contributed by atoms with van der Waals surface area (Å²) in [4.78, 5) is 0.280. The number of hydrogen-bond acceptors (Lipinski definition) is 5. The number of sulfonamides is 1. The third kappa shape index (κ3) is 3.46. The molecular weight excluding hydrogens is 316 g/mol. The van der Waals surface area contributed by atoms with Crippen LogP contribution in [0.15, 0.2) is 23.1 Å². The van der Waals surface area contributed by atoms with Crippen molar-refractivity contribution in [1.29, 1.82) is 0 Å². The van der Waals surface area contributed by atoms with Crippen LogP contribution in [0.3, 0.4) is 0 Å². The second kappa shape index (κ2) is 7.07. The van der Waals surface area contributed by atoms with Crippen molar-refractivity contribution in [2.24, 2.45) is 0 Å². The minimum atomic E-state index is -3.53. The summed E-state index contributed by atoms with van der Waals surface area (Å²) in [6.07, 6.45) is 2.44. The lowest BCUT2D eigenvalue weighted by Gasteiger charge is -2.27. The van der Waals surface area contributed by atoms with Gasteiger partial charge in [-0.3, -0.25) is 0 Å². The standard InChI is InChI=1S/C16H24N2O4S/c1-2-8-18(13-6-7-17-12-13)23(19,20)14-4-5-15-16(11-14)22-10-3-9-21-15/h4-5,11,13,17H,2-3,6-10,12H2,1H3. The first kappa shape index (κ1) is 16.5. The first-order chi connectivity index (χ1) is 11.1. The normalized spacial score (nSPS) is 21.4.